The summed E-state index contributed by atoms with van der Waals surface area (Å²) in [5.74, 6) is -1.57. The van der Waals surface area contributed by atoms with Gasteiger partial charge in [0.05, 0.1) is 10.3 Å². The van der Waals surface area contributed by atoms with Crippen molar-refractivity contribution in [1.82, 2.24) is 9.88 Å². The Morgan fingerprint density at radius 2 is 1.93 bits per heavy atom. The van der Waals surface area contributed by atoms with Crippen molar-refractivity contribution < 1.29 is 13.6 Å². The Morgan fingerprint density at radius 1 is 1.19 bits per heavy atom. The number of thiazole rings is 1. The smallest absolute Gasteiger partial charge is 0.261 e. The van der Waals surface area contributed by atoms with Crippen LogP contribution in [0.3, 0.4) is 0 Å². The van der Waals surface area contributed by atoms with Crippen LogP contribution < -0.4 is 4.90 Å². The summed E-state index contributed by atoms with van der Waals surface area (Å²) in [5.41, 5.74) is 0.651. The van der Waals surface area contributed by atoms with Crippen molar-refractivity contribution in [2.24, 2.45) is 0 Å². The summed E-state index contributed by atoms with van der Waals surface area (Å²) >= 11 is 3.24. The predicted octanol–water partition coefficient (Wildman–Crippen LogP) is 4.78. The summed E-state index contributed by atoms with van der Waals surface area (Å²) < 4.78 is 28.8. The highest BCUT2D eigenvalue weighted by atomic mass is 127. The molecule has 0 bridgehead atoms. The molecule has 1 heterocycles. The van der Waals surface area contributed by atoms with E-state index in [-0.39, 0.29) is 11.4 Å². The molecule has 0 spiro atoms. The van der Waals surface area contributed by atoms with Gasteiger partial charge in [-0.2, -0.15) is 0 Å². The molecule has 0 N–H and O–H groups in total. The highest BCUT2D eigenvalue weighted by Gasteiger charge is 2.23. The van der Waals surface area contributed by atoms with Gasteiger partial charge in [0, 0.05) is 16.2 Å². The van der Waals surface area contributed by atoms with Crippen LogP contribution in [0.25, 0.3) is 10.2 Å². The summed E-state index contributed by atoms with van der Waals surface area (Å²) in [6.45, 7) is 1.23. The van der Waals surface area contributed by atoms with Crippen LogP contribution in [0, 0.1) is 15.2 Å². The van der Waals surface area contributed by atoms with Crippen LogP contribution in [0.2, 0.25) is 0 Å². The van der Waals surface area contributed by atoms with Crippen LogP contribution in [0.4, 0.5) is 13.9 Å². The Bertz CT molecular complexity index is 977. The van der Waals surface area contributed by atoms with Crippen molar-refractivity contribution in [3.05, 3.63) is 57.2 Å². The monoisotopic (exact) mass is 501 g/mol. The lowest BCUT2D eigenvalue weighted by Gasteiger charge is -2.21. The van der Waals surface area contributed by atoms with E-state index >= 15 is 0 Å². The van der Waals surface area contributed by atoms with Crippen LogP contribution in [-0.4, -0.2) is 43.0 Å². The largest absolute Gasteiger partial charge is 0.309 e. The number of rotatable bonds is 6. The molecule has 0 aliphatic rings. The van der Waals surface area contributed by atoms with E-state index in [2.05, 4.69) is 27.6 Å². The van der Waals surface area contributed by atoms with Gasteiger partial charge in [-0.25, -0.2) is 13.8 Å². The normalized spacial score (nSPS) is 11.3. The molecule has 0 atom stereocenters. The molecule has 3 aromatic rings. The first-order chi connectivity index (χ1) is 12.9. The summed E-state index contributed by atoms with van der Waals surface area (Å²) in [6, 6.07) is 9.35. The number of nitrogens with zero attached hydrogens (tertiary/aromatic N) is 3. The number of aromatic nitrogens is 1. The fourth-order valence-electron chi connectivity index (χ4n) is 2.67. The first-order valence-corrected chi connectivity index (χ1v) is 10.2. The van der Waals surface area contributed by atoms with Gasteiger partial charge in [-0.1, -0.05) is 23.5 Å². The lowest BCUT2D eigenvalue weighted by Crippen LogP contribution is -2.33. The third-order valence-electron chi connectivity index (χ3n) is 3.97. The molecule has 0 aliphatic heterocycles. The van der Waals surface area contributed by atoms with Crippen molar-refractivity contribution in [1.29, 1.82) is 0 Å². The van der Waals surface area contributed by atoms with Gasteiger partial charge in [0.15, 0.2) is 10.9 Å². The number of anilines is 1. The highest BCUT2D eigenvalue weighted by Crippen LogP contribution is 2.32. The summed E-state index contributed by atoms with van der Waals surface area (Å²) in [7, 11) is 3.92. The number of hydrogen-bond donors (Lipinski definition) is 0. The molecular formula is C19H18F2IN3OS. The quantitative estimate of drug-likeness (QED) is 0.457. The topological polar surface area (TPSA) is 36.4 Å². The highest BCUT2D eigenvalue weighted by molar-refractivity contribution is 14.1. The van der Waals surface area contributed by atoms with E-state index in [9.17, 15) is 13.6 Å². The minimum absolute atomic E-state index is 0.0876. The standard InChI is InChI=1S/C19H18F2IN3OS/c1-24(2)8-5-9-25(18(26)13-6-3-4-7-15(13)22)19-23-17-14(21)10-12(20)11-16(17)27-19/h3-4,6-7,10-11H,5,8-9H2,1-2H3. The van der Waals surface area contributed by atoms with E-state index in [1.165, 1.54) is 6.07 Å². The van der Waals surface area contributed by atoms with E-state index in [1.807, 2.05) is 31.1 Å². The second-order valence-corrected chi connectivity index (χ2v) is 8.50. The molecule has 0 radical (unpaired) electrons. The molecule has 27 heavy (non-hydrogen) atoms. The van der Waals surface area contributed by atoms with Gasteiger partial charge >= 0.3 is 0 Å². The van der Waals surface area contributed by atoms with Gasteiger partial charge in [-0.3, -0.25) is 9.69 Å². The zero-order valence-corrected chi connectivity index (χ0v) is 17.9. The van der Waals surface area contributed by atoms with Gasteiger partial charge in [-0.05, 0) is 67.9 Å². The van der Waals surface area contributed by atoms with Gasteiger partial charge in [0.25, 0.3) is 5.91 Å². The van der Waals surface area contributed by atoms with E-state index in [1.54, 1.807) is 17.0 Å². The molecule has 1 amide bonds. The number of halogens is 3. The number of hydrogen-bond acceptors (Lipinski definition) is 4. The molecule has 0 aliphatic carbocycles. The average Bonchev–Trinajstić information content (AvgIpc) is 3.02. The Kier molecular flexibility index (Phi) is 6.38. The van der Waals surface area contributed by atoms with E-state index in [0.29, 0.717) is 21.9 Å². The molecule has 0 saturated carbocycles. The van der Waals surface area contributed by atoms with Crippen molar-refractivity contribution in [2.75, 3.05) is 32.1 Å². The van der Waals surface area contributed by atoms with Crippen LogP contribution in [0.15, 0.2) is 36.4 Å². The molecule has 3 rings (SSSR count). The third kappa shape index (κ3) is 4.61. The summed E-state index contributed by atoms with van der Waals surface area (Å²) in [4.78, 5) is 21.1. The van der Waals surface area contributed by atoms with Crippen molar-refractivity contribution in [3.8, 4) is 0 Å². The molecule has 0 unspecified atom stereocenters. The number of benzene rings is 2. The molecule has 142 valence electrons. The molecule has 4 nitrogen and oxygen atoms in total. The van der Waals surface area contributed by atoms with Crippen LogP contribution in [0.1, 0.15) is 16.8 Å². The van der Waals surface area contributed by atoms with E-state index < -0.39 is 11.6 Å². The van der Waals surface area contributed by atoms with E-state index in [4.69, 9.17) is 0 Å². The second kappa shape index (κ2) is 8.57. The second-order valence-electron chi connectivity index (χ2n) is 6.32. The number of amides is 1. The third-order valence-corrected chi connectivity index (χ3v) is 5.94. The molecule has 0 fully saturated rings. The lowest BCUT2D eigenvalue weighted by molar-refractivity contribution is 0.0985. The molecule has 0 saturated heterocycles. The van der Waals surface area contributed by atoms with E-state index in [0.717, 1.165) is 33.9 Å². The molecule has 8 heteroatoms. The number of fused-ring (bicyclic) bond motifs is 1. The Labute approximate surface area is 173 Å². The van der Waals surface area contributed by atoms with Gasteiger partial charge < -0.3 is 4.90 Å². The summed E-state index contributed by atoms with van der Waals surface area (Å²) in [6.07, 6.45) is 0.731. The van der Waals surface area contributed by atoms with Gasteiger partial charge in [0.1, 0.15) is 11.3 Å². The lowest BCUT2D eigenvalue weighted by atomic mass is 10.2. The van der Waals surface area contributed by atoms with Crippen LogP contribution in [-0.2, 0) is 0 Å². The molecule has 1 aromatic heterocycles. The maximum Gasteiger partial charge on any atom is 0.261 e. The van der Waals surface area contributed by atoms with Crippen molar-refractivity contribution in [3.63, 3.8) is 0 Å². The minimum atomic E-state index is -0.720. The SMILES string of the molecule is CN(C)CCCN(C(=O)c1ccccc1I)c1nc2c(F)cc(F)cc2s1. The Balaban J connectivity index is 2.00. The average molecular weight is 501 g/mol. The predicted molar refractivity (Wildman–Crippen MR) is 114 cm³/mol. The Hall–Kier alpha value is -1.65. The first-order valence-electron chi connectivity index (χ1n) is 8.33. The summed E-state index contributed by atoms with van der Waals surface area (Å²) in [5, 5.41) is 0.373. The zero-order chi connectivity index (χ0) is 19.6. The number of carbonyl (C=O) groups is 1. The first kappa shape index (κ1) is 20.1. The van der Waals surface area contributed by atoms with Crippen molar-refractivity contribution >= 4 is 55.2 Å². The maximum atomic E-state index is 14.1. The van der Waals surface area contributed by atoms with Crippen LogP contribution in [0.5, 0.6) is 0 Å². The maximum absolute atomic E-state index is 14.1. The Morgan fingerprint density at radius 3 is 2.63 bits per heavy atom. The molecular weight excluding hydrogens is 483 g/mol. The van der Waals surface area contributed by atoms with Crippen molar-refractivity contribution in [2.45, 2.75) is 6.42 Å². The zero-order valence-electron chi connectivity index (χ0n) is 14.9. The van der Waals surface area contributed by atoms with Crippen LogP contribution >= 0.6 is 33.9 Å². The fourth-order valence-corrected chi connectivity index (χ4v) is 4.32. The fraction of sp³-hybridized carbons (Fsp3) is 0.263. The molecule has 2 aromatic carbocycles. The number of carbonyl (C=O) groups excluding carboxylic acids is 1. The minimum Gasteiger partial charge on any atom is -0.309 e. The van der Waals surface area contributed by atoms with Gasteiger partial charge in [0.2, 0.25) is 0 Å². The van der Waals surface area contributed by atoms with Gasteiger partial charge in [-0.15, -0.1) is 0 Å².